The van der Waals surface area contributed by atoms with Crippen LogP contribution in [0.2, 0.25) is 0 Å². The van der Waals surface area contributed by atoms with Crippen molar-refractivity contribution in [3.8, 4) is 0 Å². The number of sulfonamides is 1. The molecule has 0 bridgehead atoms. The molecule has 0 amide bonds. The number of fused-ring (bicyclic) bond motifs is 3. The molecule has 0 radical (unpaired) electrons. The van der Waals surface area contributed by atoms with Crippen LogP contribution in [-0.2, 0) is 10.0 Å². The molecule has 2 aliphatic rings. The topological polar surface area (TPSA) is 95.5 Å². The number of carboxylic acids is 1. The first-order valence-electron chi connectivity index (χ1n) is 10.5. The van der Waals surface area contributed by atoms with Crippen LogP contribution in [0.25, 0.3) is 0 Å². The van der Waals surface area contributed by atoms with E-state index in [1.165, 1.54) is 36.4 Å². The van der Waals surface area contributed by atoms with Gasteiger partial charge in [0.25, 0.3) is 10.0 Å². The van der Waals surface area contributed by atoms with E-state index >= 15 is 0 Å². The standard InChI is InChI=1S/C25H21FN2O4S/c26-22-7-2-1-4-20(22)24-19-6-3-5-18(19)21-14-17(12-13-23(21)27-24)33(31,32)28-16-10-8-15(9-11-16)25(29)30/h1-5,7-14,18-19,24,27-28H,6H2,(H,29,30)/t18-,19+,24+/m1/s1. The summed E-state index contributed by atoms with van der Waals surface area (Å²) >= 11 is 0. The van der Waals surface area contributed by atoms with Gasteiger partial charge in [-0.25, -0.2) is 17.6 Å². The Labute approximate surface area is 190 Å². The highest BCUT2D eigenvalue weighted by molar-refractivity contribution is 7.92. The van der Waals surface area contributed by atoms with Gasteiger partial charge in [-0.3, -0.25) is 4.72 Å². The number of rotatable bonds is 5. The molecule has 6 nitrogen and oxygen atoms in total. The summed E-state index contributed by atoms with van der Waals surface area (Å²) in [4.78, 5) is 11.1. The quantitative estimate of drug-likeness (QED) is 0.454. The molecule has 3 N–H and O–H groups in total. The second-order valence-electron chi connectivity index (χ2n) is 8.23. The number of benzene rings is 3. The third-order valence-electron chi connectivity index (χ3n) is 6.27. The number of hydrogen-bond donors (Lipinski definition) is 3. The molecule has 0 aromatic heterocycles. The average Bonchev–Trinajstić information content (AvgIpc) is 3.29. The minimum Gasteiger partial charge on any atom is -0.478 e. The maximum Gasteiger partial charge on any atom is 0.335 e. The minimum absolute atomic E-state index is 0.0316. The van der Waals surface area contributed by atoms with E-state index in [2.05, 4.69) is 22.2 Å². The number of anilines is 2. The van der Waals surface area contributed by atoms with Crippen LogP contribution in [0.5, 0.6) is 0 Å². The van der Waals surface area contributed by atoms with Crippen LogP contribution in [0.3, 0.4) is 0 Å². The molecule has 33 heavy (non-hydrogen) atoms. The molecule has 168 valence electrons. The van der Waals surface area contributed by atoms with Crippen LogP contribution < -0.4 is 10.0 Å². The van der Waals surface area contributed by atoms with Crippen molar-refractivity contribution in [3.63, 3.8) is 0 Å². The van der Waals surface area contributed by atoms with Gasteiger partial charge in [0, 0.05) is 22.9 Å². The largest absolute Gasteiger partial charge is 0.478 e. The molecular weight excluding hydrogens is 443 g/mol. The third kappa shape index (κ3) is 3.87. The number of hydrogen-bond acceptors (Lipinski definition) is 4. The highest BCUT2D eigenvalue weighted by atomic mass is 32.2. The summed E-state index contributed by atoms with van der Waals surface area (Å²) in [6.07, 6.45) is 4.89. The second-order valence-corrected chi connectivity index (χ2v) is 9.92. The van der Waals surface area contributed by atoms with Crippen LogP contribution >= 0.6 is 0 Å². The molecule has 1 aliphatic carbocycles. The minimum atomic E-state index is -3.89. The van der Waals surface area contributed by atoms with E-state index < -0.39 is 16.0 Å². The van der Waals surface area contributed by atoms with Crippen molar-refractivity contribution in [1.29, 1.82) is 0 Å². The highest BCUT2D eigenvalue weighted by Gasteiger charge is 2.39. The first-order valence-corrected chi connectivity index (χ1v) is 12.0. The maximum atomic E-state index is 14.5. The Kier molecular flexibility index (Phi) is 5.17. The number of halogens is 1. The number of carbonyl (C=O) groups is 1. The van der Waals surface area contributed by atoms with Crippen molar-refractivity contribution in [2.45, 2.75) is 23.3 Å². The Morgan fingerprint density at radius 2 is 1.79 bits per heavy atom. The lowest BCUT2D eigenvalue weighted by Crippen LogP contribution is -2.30. The second kappa shape index (κ2) is 8.04. The maximum absolute atomic E-state index is 14.5. The van der Waals surface area contributed by atoms with Crippen molar-refractivity contribution >= 4 is 27.4 Å². The number of carboxylic acid groups (broad SMARTS) is 1. The lowest BCUT2D eigenvalue weighted by molar-refractivity contribution is 0.0697. The van der Waals surface area contributed by atoms with Gasteiger partial charge >= 0.3 is 5.97 Å². The molecular formula is C25H21FN2O4S. The Morgan fingerprint density at radius 1 is 1.03 bits per heavy atom. The Balaban J connectivity index is 1.46. The van der Waals surface area contributed by atoms with E-state index in [1.54, 1.807) is 24.3 Å². The van der Waals surface area contributed by atoms with E-state index in [1.807, 2.05) is 6.07 Å². The molecule has 0 saturated heterocycles. The van der Waals surface area contributed by atoms with Gasteiger partial charge in [0.05, 0.1) is 16.5 Å². The zero-order valence-electron chi connectivity index (χ0n) is 17.4. The lowest BCUT2D eigenvalue weighted by Gasteiger charge is -2.37. The van der Waals surface area contributed by atoms with E-state index in [-0.39, 0.29) is 39.8 Å². The predicted molar refractivity (Wildman–Crippen MR) is 123 cm³/mol. The SMILES string of the molecule is O=C(O)c1ccc(NS(=O)(=O)c2ccc3c(c2)[C@@H]2C=CC[C@@H]2[C@@H](c2ccccc2F)N3)cc1. The van der Waals surface area contributed by atoms with Crippen molar-refractivity contribution in [2.24, 2.45) is 5.92 Å². The fourth-order valence-corrected chi connectivity index (χ4v) is 5.76. The van der Waals surface area contributed by atoms with Gasteiger partial charge in [0.15, 0.2) is 0 Å². The molecule has 0 unspecified atom stereocenters. The van der Waals surface area contributed by atoms with Gasteiger partial charge in [-0.15, -0.1) is 0 Å². The summed E-state index contributed by atoms with van der Waals surface area (Å²) in [6.45, 7) is 0. The Hall–Kier alpha value is -3.65. The van der Waals surface area contributed by atoms with Crippen molar-refractivity contribution in [3.05, 3.63) is 101 Å². The van der Waals surface area contributed by atoms with Gasteiger partial charge < -0.3 is 10.4 Å². The van der Waals surface area contributed by atoms with Crippen molar-refractivity contribution in [2.75, 3.05) is 10.0 Å². The van der Waals surface area contributed by atoms with Gasteiger partial charge in [-0.1, -0.05) is 30.4 Å². The number of aromatic carboxylic acids is 1. The number of allylic oxidation sites excluding steroid dienone is 2. The molecule has 3 atom stereocenters. The Bertz CT molecular complexity index is 1370. The van der Waals surface area contributed by atoms with Gasteiger partial charge in [0.1, 0.15) is 5.82 Å². The molecule has 0 saturated carbocycles. The van der Waals surface area contributed by atoms with Crippen LogP contribution in [0.1, 0.15) is 39.9 Å². The van der Waals surface area contributed by atoms with Crippen LogP contribution in [-0.4, -0.2) is 19.5 Å². The van der Waals surface area contributed by atoms with Crippen molar-refractivity contribution < 1.29 is 22.7 Å². The molecule has 1 heterocycles. The first kappa shape index (κ1) is 21.2. The molecule has 3 aromatic carbocycles. The van der Waals surface area contributed by atoms with Crippen LogP contribution in [0.4, 0.5) is 15.8 Å². The zero-order valence-corrected chi connectivity index (χ0v) is 18.2. The number of nitrogens with one attached hydrogen (secondary N) is 2. The van der Waals surface area contributed by atoms with E-state index in [9.17, 15) is 17.6 Å². The van der Waals surface area contributed by atoms with Gasteiger partial charge in [-0.2, -0.15) is 0 Å². The summed E-state index contributed by atoms with van der Waals surface area (Å²) in [7, 11) is -3.89. The highest BCUT2D eigenvalue weighted by Crippen LogP contribution is 2.50. The summed E-state index contributed by atoms with van der Waals surface area (Å²) in [5, 5.41) is 12.4. The molecule has 3 aromatic rings. The smallest absolute Gasteiger partial charge is 0.335 e. The summed E-state index contributed by atoms with van der Waals surface area (Å²) in [5.74, 6) is -1.30. The normalized spacial score (nSPS) is 21.1. The summed E-state index contributed by atoms with van der Waals surface area (Å²) < 4.78 is 43.1. The van der Waals surface area contributed by atoms with Gasteiger partial charge in [-0.05, 0) is 66.4 Å². The fraction of sp³-hybridized carbons (Fsp3) is 0.160. The van der Waals surface area contributed by atoms with Crippen LogP contribution in [0, 0.1) is 11.7 Å². The molecule has 5 rings (SSSR count). The van der Waals surface area contributed by atoms with E-state index in [0.29, 0.717) is 5.56 Å². The zero-order chi connectivity index (χ0) is 23.2. The van der Waals surface area contributed by atoms with Crippen molar-refractivity contribution in [1.82, 2.24) is 0 Å². The van der Waals surface area contributed by atoms with E-state index in [4.69, 9.17) is 5.11 Å². The predicted octanol–water partition coefficient (Wildman–Crippen LogP) is 5.15. The van der Waals surface area contributed by atoms with E-state index in [0.717, 1.165) is 17.7 Å². The summed E-state index contributed by atoms with van der Waals surface area (Å²) in [6, 6.07) is 16.9. The summed E-state index contributed by atoms with van der Waals surface area (Å²) in [5.41, 5.74) is 2.58. The van der Waals surface area contributed by atoms with Gasteiger partial charge in [0.2, 0.25) is 0 Å². The first-order chi connectivity index (χ1) is 15.8. The molecule has 1 aliphatic heterocycles. The van der Waals surface area contributed by atoms with Crippen LogP contribution in [0.15, 0.2) is 83.8 Å². The fourth-order valence-electron chi connectivity index (χ4n) is 4.67. The lowest BCUT2D eigenvalue weighted by atomic mass is 9.77. The average molecular weight is 465 g/mol. The molecule has 0 spiro atoms. The molecule has 0 fully saturated rings. The molecule has 8 heteroatoms. The monoisotopic (exact) mass is 464 g/mol. The third-order valence-corrected chi connectivity index (χ3v) is 7.65. The Morgan fingerprint density at radius 3 is 2.52 bits per heavy atom.